The Bertz CT molecular complexity index is 629. The van der Waals surface area contributed by atoms with E-state index in [1.165, 1.54) is 6.07 Å². The lowest BCUT2D eigenvalue weighted by Gasteiger charge is -2.10. The molecule has 2 aromatic carbocycles. The Morgan fingerprint density at radius 2 is 1.95 bits per heavy atom. The number of halogens is 1. The number of hydrogen-bond donors (Lipinski definition) is 2. The van der Waals surface area contributed by atoms with E-state index in [1.54, 1.807) is 32.3 Å². The lowest BCUT2D eigenvalue weighted by molar-refractivity contribution is 0.441. The van der Waals surface area contributed by atoms with Crippen LogP contribution in [0.15, 0.2) is 53.5 Å². The molecule has 0 amide bonds. The maximum atomic E-state index is 14.1. The zero-order valence-corrected chi connectivity index (χ0v) is 12.8. The van der Waals surface area contributed by atoms with Crippen molar-refractivity contribution in [3.63, 3.8) is 0 Å². The van der Waals surface area contributed by atoms with Crippen LogP contribution in [-0.2, 0) is 6.42 Å². The molecule has 2 N–H and O–H groups in total. The molecule has 0 saturated heterocycles. The summed E-state index contributed by atoms with van der Waals surface area (Å²) in [4.78, 5) is 4.02. The maximum Gasteiger partial charge on any atom is 0.190 e. The van der Waals surface area contributed by atoms with Crippen molar-refractivity contribution >= 4 is 5.96 Å². The molecule has 0 unspecified atom stereocenters. The molecular weight excluding hydrogens is 281 g/mol. The van der Waals surface area contributed by atoms with E-state index in [4.69, 9.17) is 4.74 Å². The van der Waals surface area contributed by atoms with Gasteiger partial charge in [-0.1, -0.05) is 24.3 Å². The first-order chi connectivity index (χ1) is 10.7. The normalized spacial score (nSPS) is 11.1. The summed E-state index contributed by atoms with van der Waals surface area (Å²) in [6.07, 6.45) is 0.698. The molecule has 5 heteroatoms. The van der Waals surface area contributed by atoms with Crippen LogP contribution in [0.1, 0.15) is 5.56 Å². The van der Waals surface area contributed by atoms with Gasteiger partial charge in [0.2, 0.25) is 0 Å². The molecule has 0 radical (unpaired) electrons. The third-order valence-corrected chi connectivity index (χ3v) is 3.13. The number of ether oxygens (including phenoxy) is 1. The van der Waals surface area contributed by atoms with Crippen LogP contribution in [0.2, 0.25) is 0 Å². The van der Waals surface area contributed by atoms with Crippen molar-refractivity contribution in [2.24, 2.45) is 4.99 Å². The minimum absolute atomic E-state index is 0.231. The van der Waals surface area contributed by atoms with E-state index in [1.807, 2.05) is 24.3 Å². The Hall–Kier alpha value is -2.56. The summed E-state index contributed by atoms with van der Waals surface area (Å²) in [5.74, 6) is 1.20. The van der Waals surface area contributed by atoms with E-state index in [9.17, 15) is 4.39 Å². The monoisotopic (exact) mass is 301 g/mol. The number of hydrogen-bond acceptors (Lipinski definition) is 2. The Balaban J connectivity index is 1.95. The molecule has 0 atom stereocenters. The first kappa shape index (κ1) is 15.8. The SMILES string of the molecule is CN=C(NC)NCCc1ccc(Oc2ccccc2)c(F)c1. The summed E-state index contributed by atoms with van der Waals surface area (Å²) in [6, 6.07) is 14.2. The van der Waals surface area contributed by atoms with Gasteiger partial charge in [-0.2, -0.15) is 0 Å². The third-order valence-electron chi connectivity index (χ3n) is 3.13. The van der Waals surface area contributed by atoms with Gasteiger partial charge >= 0.3 is 0 Å². The van der Waals surface area contributed by atoms with E-state index in [0.29, 0.717) is 24.7 Å². The van der Waals surface area contributed by atoms with Crippen LogP contribution in [0.4, 0.5) is 4.39 Å². The molecule has 0 heterocycles. The second-order valence-corrected chi connectivity index (χ2v) is 4.68. The molecule has 0 aliphatic carbocycles. The predicted molar refractivity (Wildman–Crippen MR) is 87.0 cm³/mol. The molecule has 2 aromatic rings. The molecule has 0 aromatic heterocycles. The highest BCUT2D eigenvalue weighted by Crippen LogP contribution is 2.24. The van der Waals surface area contributed by atoms with Crippen molar-refractivity contribution < 1.29 is 9.13 Å². The molecule has 0 saturated carbocycles. The Morgan fingerprint density at radius 3 is 2.59 bits per heavy atom. The maximum absolute atomic E-state index is 14.1. The van der Waals surface area contributed by atoms with E-state index in [0.717, 1.165) is 5.56 Å². The van der Waals surface area contributed by atoms with Crippen LogP contribution >= 0.6 is 0 Å². The van der Waals surface area contributed by atoms with Crippen molar-refractivity contribution in [2.75, 3.05) is 20.6 Å². The van der Waals surface area contributed by atoms with Crippen LogP contribution < -0.4 is 15.4 Å². The Labute approximate surface area is 130 Å². The van der Waals surface area contributed by atoms with Gasteiger partial charge in [0.15, 0.2) is 17.5 Å². The van der Waals surface area contributed by atoms with Gasteiger partial charge in [-0.25, -0.2) is 4.39 Å². The standard InChI is InChI=1S/C17H20FN3O/c1-19-17(20-2)21-11-10-13-8-9-16(15(18)12-13)22-14-6-4-3-5-7-14/h3-9,12H,10-11H2,1-2H3,(H2,19,20,21). The molecule has 22 heavy (non-hydrogen) atoms. The largest absolute Gasteiger partial charge is 0.454 e. The van der Waals surface area contributed by atoms with Gasteiger partial charge in [0.05, 0.1) is 0 Å². The highest BCUT2D eigenvalue weighted by molar-refractivity contribution is 5.79. The van der Waals surface area contributed by atoms with Crippen LogP contribution in [0.25, 0.3) is 0 Å². The van der Waals surface area contributed by atoms with Gasteiger partial charge in [0.25, 0.3) is 0 Å². The van der Waals surface area contributed by atoms with Crippen molar-refractivity contribution in [1.29, 1.82) is 0 Å². The fourth-order valence-corrected chi connectivity index (χ4v) is 2.00. The van der Waals surface area contributed by atoms with Crippen molar-refractivity contribution in [3.8, 4) is 11.5 Å². The molecular formula is C17H20FN3O. The van der Waals surface area contributed by atoms with Crippen LogP contribution in [0.5, 0.6) is 11.5 Å². The summed E-state index contributed by atoms with van der Waals surface area (Å²) >= 11 is 0. The van der Waals surface area contributed by atoms with E-state index in [2.05, 4.69) is 15.6 Å². The lowest BCUT2D eigenvalue weighted by Crippen LogP contribution is -2.35. The third kappa shape index (κ3) is 4.48. The first-order valence-corrected chi connectivity index (χ1v) is 7.12. The molecule has 116 valence electrons. The lowest BCUT2D eigenvalue weighted by atomic mass is 10.1. The van der Waals surface area contributed by atoms with Gasteiger partial charge in [-0.05, 0) is 36.2 Å². The highest BCUT2D eigenvalue weighted by Gasteiger charge is 2.06. The Morgan fingerprint density at radius 1 is 1.18 bits per heavy atom. The van der Waals surface area contributed by atoms with Gasteiger partial charge in [-0.3, -0.25) is 4.99 Å². The van der Waals surface area contributed by atoms with Crippen molar-refractivity contribution in [1.82, 2.24) is 10.6 Å². The highest BCUT2D eigenvalue weighted by atomic mass is 19.1. The van der Waals surface area contributed by atoms with E-state index in [-0.39, 0.29) is 11.6 Å². The average molecular weight is 301 g/mol. The van der Waals surface area contributed by atoms with Crippen LogP contribution in [0.3, 0.4) is 0 Å². The summed E-state index contributed by atoms with van der Waals surface area (Å²) in [6.45, 7) is 0.672. The van der Waals surface area contributed by atoms with Gasteiger partial charge in [0, 0.05) is 20.6 Å². The second-order valence-electron chi connectivity index (χ2n) is 4.68. The molecule has 4 nitrogen and oxygen atoms in total. The van der Waals surface area contributed by atoms with Crippen molar-refractivity contribution in [2.45, 2.75) is 6.42 Å². The number of para-hydroxylation sites is 1. The zero-order chi connectivity index (χ0) is 15.8. The number of rotatable bonds is 5. The van der Waals surface area contributed by atoms with E-state index < -0.39 is 0 Å². The van der Waals surface area contributed by atoms with Crippen molar-refractivity contribution in [3.05, 3.63) is 59.9 Å². The number of benzene rings is 2. The molecule has 0 bridgehead atoms. The quantitative estimate of drug-likeness (QED) is 0.659. The summed E-state index contributed by atoms with van der Waals surface area (Å²) in [5, 5.41) is 6.06. The molecule has 0 spiro atoms. The van der Waals surface area contributed by atoms with Gasteiger partial charge < -0.3 is 15.4 Å². The Kier molecular flexibility index (Phi) is 5.77. The fraction of sp³-hybridized carbons (Fsp3) is 0.235. The number of nitrogens with zero attached hydrogens (tertiary/aromatic N) is 1. The first-order valence-electron chi connectivity index (χ1n) is 7.12. The van der Waals surface area contributed by atoms with E-state index >= 15 is 0 Å². The summed E-state index contributed by atoms with van der Waals surface area (Å²) in [7, 11) is 3.50. The van der Waals surface area contributed by atoms with Crippen LogP contribution in [-0.4, -0.2) is 26.6 Å². The predicted octanol–water partition coefficient (Wildman–Crippen LogP) is 2.96. The topological polar surface area (TPSA) is 45.7 Å². The molecule has 0 aliphatic rings. The second kappa shape index (κ2) is 8.02. The smallest absolute Gasteiger partial charge is 0.190 e. The minimum Gasteiger partial charge on any atom is -0.454 e. The minimum atomic E-state index is -0.362. The number of nitrogens with one attached hydrogen (secondary N) is 2. The molecule has 0 fully saturated rings. The fourth-order valence-electron chi connectivity index (χ4n) is 2.00. The number of aliphatic imine (C=N–C) groups is 1. The molecule has 0 aliphatic heterocycles. The average Bonchev–Trinajstić information content (AvgIpc) is 2.55. The number of guanidine groups is 1. The summed E-state index contributed by atoms with van der Waals surface area (Å²) < 4.78 is 19.6. The van der Waals surface area contributed by atoms with Gasteiger partial charge in [0.1, 0.15) is 5.75 Å². The summed E-state index contributed by atoms with van der Waals surface area (Å²) in [5.41, 5.74) is 0.900. The van der Waals surface area contributed by atoms with Crippen LogP contribution in [0, 0.1) is 5.82 Å². The zero-order valence-electron chi connectivity index (χ0n) is 12.8. The molecule has 2 rings (SSSR count). The van der Waals surface area contributed by atoms with Gasteiger partial charge in [-0.15, -0.1) is 0 Å².